The van der Waals surface area contributed by atoms with Crippen LogP contribution in [-0.4, -0.2) is 68.8 Å². The number of amides is 1. The maximum Gasteiger partial charge on any atom is 0.416 e. The number of benzene rings is 2. The molecule has 3 heterocycles. The number of nitrogens with one attached hydrogen (secondary N) is 1. The van der Waals surface area contributed by atoms with E-state index in [0.29, 0.717) is 35.2 Å². The molecule has 0 saturated carbocycles. The van der Waals surface area contributed by atoms with E-state index in [-0.39, 0.29) is 11.3 Å². The fourth-order valence-corrected chi connectivity index (χ4v) is 4.83. The maximum absolute atomic E-state index is 13.8. The molecule has 1 fully saturated rings. The molecule has 2 aromatic carbocycles. The van der Waals surface area contributed by atoms with E-state index in [1.165, 1.54) is 22.9 Å². The number of halogens is 4. The number of rotatable bonds is 5. The van der Waals surface area contributed by atoms with Gasteiger partial charge in [0.15, 0.2) is 0 Å². The van der Waals surface area contributed by atoms with E-state index in [1.807, 2.05) is 25.9 Å². The van der Waals surface area contributed by atoms with Gasteiger partial charge in [-0.2, -0.15) is 18.3 Å². The Kier molecular flexibility index (Phi) is 7.56. The van der Waals surface area contributed by atoms with Crippen molar-refractivity contribution in [2.75, 3.05) is 43.4 Å². The van der Waals surface area contributed by atoms with E-state index in [0.717, 1.165) is 42.9 Å². The second-order valence-electron chi connectivity index (χ2n) is 9.85. The number of aryl methyl sites for hydroxylation is 1. The fourth-order valence-electron chi connectivity index (χ4n) is 4.62. The number of nitrogens with zero attached hydrogens (tertiary/aromatic N) is 7. The third-order valence-electron chi connectivity index (χ3n) is 7.05. The zero-order valence-electron chi connectivity index (χ0n) is 22.2. The minimum Gasteiger partial charge on any atom is -0.370 e. The van der Waals surface area contributed by atoms with Crippen molar-refractivity contribution in [2.45, 2.75) is 19.5 Å². The van der Waals surface area contributed by atoms with Crippen molar-refractivity contribution in [3.05, 3.63) is 70.6 Å². The molecule has 0 unspecified atom stereocenters. The molecule has 1 saturated heterocycles. The first-order valence-electron chi connectivity index (χ1n) is 12.7. The second-order valence-corrected chi connectivity index (χ2v) is 10.3. The molecule has 210 valence electrons. The molecule has 0 radical (unpaired) electrons. The molecule has 1 amide bonds. The van der Waals surface area contributed by atoms with E-state index in [2.05, 4.69) is 25.6 Å². The summed E-state index contributed by atoms with van der Waals surface area (Å²) in [5.41, 5.74) is 2.52. The van der Waals surface area contributed by atoms with Gasteiger partial charge in [-0.15, -0.1) is 5.10 Å². The third kappa shape index (κ3) is 5.82. The molecule has 0 bridgehead atoms. The molecule has 9 nitrogen and oxygen atoms in total. The van der Waals surface area contributed by atoms with Crippen molar-refractivity contribution in [3.8, 4) is 16.9 Å². The summed E-state index contributed by atoms with van der Waals surface area (Å²) in [6.45, 7) is 4.72. The molecule has 1 aliphatic heterocycles. The summed E-state index contributed by atoms with van der Waals surface area (Å²) in [5.74, 6) is -0.581. The van der Waals surface area contributed by atoms with Crippen LogP contribution in [0, 0.1) is 6.92 Å². The van der Waals surface area contributed by atoms with Crippen LogP contribution >= 0.6 is 11.6 Å². The van der Waals surface area contributed by atoms with E-state index in [9.17, 15) is 18.0 Å². The Bertz CT molecular complexity index is 1550. The van der Waals surface area contributed by atoms with Crippen LogP contribution in [-0.2, 0) is 13.2 Å². The molecule has 40 heavy (non-hydrogen) atoms. The van der Waals surface area contributed by atoms with Crippen molar-refractivity contribution in [1.29, 1.82) is 0 Å². The Hall–Kier alpha value is -3.90. The van der Waals surface area contributed by atoms with Gasteiger partial charge in [0.1, 0.15) is 5.69 Å². The Morgan fingerprint density at radius 1 is 1.05 bits per heavy atom. The average molecular weight is 573 g/mol. The number of hydrogen-bond donors (Lipinski definition) is 1. The predicted molar refractivity (Wildman–Crippen MR) is 147 cm³/mol. The molecular formula is C27H28ClF3N8O. The first-order chi connectivity index (χ1) is 19.0. The zero-order valence-corrected chi connectivity index (χ0v) is 23.0. The normalized spacial score (nSPS) is 14.8. The highest BCUT2D eigenvalue weighted by Crippen LogP contribution is 2.35. The minimum atomic E-state index is -4.57. The summed E-state index contributed by atoms with van der Waals surface area (Å²) < 4.78 is 44.5. The first-order valence-corrected chi connectivity index (χ1v) is 13.1. The highest BCUT2D eigenvalue weighted by molar-refractivity contribution is 6.32. The van der Waals surface area contributed by atoms with Crippen LogP contribution in [0.4, 0.5) is 24.5 Å². The van der Waals surface area contributed by atoms with E-state index in [4.69, 9.17) is 11.6 Å². The highest BCUT2D eigenvalue weighted by Gasteiger charge is 2.32. The molecule has 4 aromatic rings. The molecule has 0 atom stereocenters. The molecule has 2 aromatic heterocycles. The second kappa shape index (κ2) is 10.9. The molecule has 0 aliphatic carbocycles. The minimum absolute atomic E-state index is 0.0546. The quantitative estimate of drug-likeness (QED) is 0.361. The third-order valence-corrected chi connectivity index (χ3v) is 7.37. The van der Waals surface area contributed by atoms with Gasteiger partial charge in [0.05, 0.1) is 28.7 Å². The molecule has 1 N–H and O–H groups in total. The Labute approximate surface area is 234 Å². The van der Waals surface area contributed by atoms with E-state index < -0.39 is 17.6 Å². The van der Waals surface area contributed by atoms with Crippen LogP contribution in [0.2, 0.25) is 5.02 Å². The van der Waals surface area contributed by atoms with Gasteiger partial charge in [-0.25, -0.2) is 4.68 Å². The van der Waals surface area contributed by atoms with Gasteiger partial charge < -0.3 is 15.1 Å². The molecule has 1 aliphatic rings. The number of likely N-dealkylation sites (N-methyl/N-ethyl adjacent to an activating group) is 1. The van der Waals surface area contributed by atoms with Crippen LogP contribution in [0.1, 0.15) is 28.0 Å². The SMILES string of the molecule is Cc1c(-c2cn(-c3cc(C(=O)Nc4cc(N5CCCN(C)CC5)cc(C(F)(F)F)c4)ccc3Cl)nn2)cnn1C. The number of anilines is 2. The fraction of sp³-hybridized carbons (Fsp3) is 0.333. The lowest BCUT2D eigenvalue weighted by molar-refractivity contribution is -0.137. The smallest absolute Gasteiger partial charge is 0.370 e. The largest absolute Gasteiger partial charge is 0.416 e. The Balaban J connectivity index is 1.42. The standard InChI is InChI=1S/C27H28ClF3N8O/c1-17-22(15-32-37(17)3)24-16-39(35-34-24)25-11-18(5-6-23(25)28)26(40)33-20-12-19(27(29,30)31)13-21(14-20)38-8-4-7-36(2)9-10-38/h5-6,11-16H,4,7-10H2,1-3H3,(H,33,40). The van der Waals surface area contributed by atoms with Crippen molar-refractivity contribution in [2.24, 2.45) is 7.05 Å². The van der Waals surface area contributed by atoms with Crippen molar-refractivity contribution in [3.63, 3.8) is 0 Å². The maximum atomic E-state index is 13.8. The van der Waals surface area contributed by atoms with Crippen molar-refractivity contribution < 1.29 is 18.0 Å². The van der Waals surface area contributed by atoms with Crippen LogP contribution in [0.3, 0.4) is 0 Å². The molecule has 5 rings (SSSR count). The van der Waals surface area contributed by atoms with Crippen LogP contribution < -0.4 is 10.2 Å². The summed E-state index contributed by atoms with van der Waals surface area (Å²) in [5, 5.41) is 15.5. The summed E-state index contributed by atoms with van der Waals surface area (Å²) in [4.78, 5) is 17.3. The van der Waals surface area contributed by atoms with E-state index in [1.54, 1.807) is 23.1 Å². The van der Waals surface area contributed by atoms with Crippen LogP contribution in [0.25, 0.3) is 16.9 Å². The van der Waals surface area contributed by atoms with Gasteiger partial charge in [0.2, 0.25) is 0 Å². The molecular weight excluding hydrogens is 545 g/mol. The summed E-state index contributed by atoms with van der Waals surface area (Å²) in [7, 11) is 3.81. The zero-order chi connectivity index (χ0) is 28.6. The summed E-state index contributed by atoms with van der Waals surface area (Å²) in [6, 6.07) is 8.22. The van der Waals surface area contributed by atoms with Crippen molar-refractivity contribution in [1.82, 2.24) is 29.7 Å². The number of alkyl halides is 3. The van der Waals surface area contributed by atoms with Gasteiger partial charge in [-0.1, -0.05) is 16.8 Å². The Morgan fingerprint density at radius 3 is 2.58 bits per heavy atom. The monoisotopic (exact) mass is 572 g/mol. The molecule has 13 heteroatoms. The highest BCUT2D eigenvalue weighted by atomic mass is 35.5. The predicted octanol–water partition coefficient (Wildman–Crippen LogP) is 5.04. The Morgan fingerprint density at radius 2 is 1.85 bits per heavy atom. The average Bonchev–Trinajstić information content (AvgIpc) is 3.44. The number of carbonyl (C=O) groups excluding carboxylic acids is 1. The van der Waals surface area contributed by atoms with Gasteiger partial charge >= 0.3 is 6.18 Å². The van der Waals surface area contributed by atoms with Gasteiger partial charge in [0, 0.05) is 54.9 Å². The van der Waals surface area contributed by atoms with E-state index >= 15 is 0 Å². The van der Waals surface area contributed by atoms with Gasteiger partial charge in [0.25, 0.3) is 5.91 Å². The number of hydrogen-bond acceptors (Lipinski definition) is 6. The van der Waals surface area contributed by atoms with Crippen LogP contribution in [0.5, 0.6) is 0 Å². The lowest BCUT2D eigenvalue weighted by Crippen LogP contribution is -2.29. The number of aromatic nitrogens is 5. The summed E-state index contributed by atoms with van der Waals surface area (Å²) in [6.07, 6.45) is -0.387. The molecule has 0 spiro atoms. The van der Waals surface area contributed by atoms with Crippen molar-refractivity contribution >= 4 is 28.9 Å². The topological polar surface area (TPSA) is 84.1 Å². The van der Waals surface area contributed by atoms with Crippen LogP contribution in [0.15, 0.2) is 48.8 Å². The number of carbonyl (C=O) groups is 1. The summed E-state index contributed by atoms with van der Waals surface area (Å²) >= 11 is 6.42. The lowest BCUT2D eigenvalue weighted by atomic mass is 10.1. The van der Waals surface area contributed by atoms with Gasteiger partial charge in [-0.3, -0.25) is 9.48 Å². The lowest BCUT2D eigenvalue weighted by Gasteiger charge is -2.25. The first kappa shape index (κ1) is 27.7. The van der Waals surface area contributed by atoms with Gasteiger partial charge in [-0.05, 0) is 63.3 Å².